The fourth-order valence-electron chi connectivity index (χ4n) is 0.728. The van der Waals surface area contributed by atoms with E-state index in [0.717, 1.165) is 12.1 Å². The van der Waals surface area contributed by atoms with Gasteiger partial charge in [-0.15, -0.1) is 0 Å². The van der Waals surface area contributed by atoms with Gasteiger partial charge in [0.05, 0.1) is 5.56 Å². The summed E-state index contributed by atoms with van der Waals surface area (Å²) < 4.78 is 0. The second kappa shape index (κ2) is 5.62. The zero-order chi connectivity index (χ0) is 9.30. The second-order valence-corrected chi connectivity index (χ2v) is 2.17. The van der Waals surface area contributed by atoms with E-state index < -0.39 is 23.2 Å². The summed E-state index contributed by atoms with van der Waals surface area (Å²) in [6.07, 6.45) is 0. The van der Waals surface area contributed by atoms with Gasteiger partial charge < -0.3 is 25.9 Å². The molecule has 7 heteroatoms. The van der Waals surface area contributed by atoms with Crippen LogP contribution in [0.4, 0.5) is 0 Å². The van der Waals surface area contributed by atoms with Gasteiger partial charge in [0.1, 0.15) is 0 Å². The SMILES string of the molecule is O.O=C(O)c1cc(O)c(O)c(O)c1.[Bi]. The third-order valence-electron chi connectivity index (χ3n) is 1.32. The maximum Gasteiger partial charge on any atom is 0.335 e. The van der Waals surface area contributed by atoms with Crippen LogP contribution < -0.4 is 0 Å². The summed E-state index contributed by atoms with van der Waals surface area (Å²) in [6, 6.07) is 1.69. The van der Waals surface area contributed by atoms with Crippen LogP contribution in [0.5, 0.6) is 17.2 Å². The molecule has 0 spiro atoms. The van der Waals surface area contributed by atoms with Gasteiger partial charge in [0.2, 0.25) is 0 Å². The fourth-order valence-corrected chi connectivity index (χ4v) is 0.728. The smallest absolute Gasteiger partial charge is 0.335 e. The van der Waals surface area contributed by atoms with E-state index in [1.165, 1.54) is 0 Å². The molecule has 1 rings (SSSR count). The maximum atomic E-state index is 10.3. The molecular weight excluding hydrogens is 389 g/mol. The standard InChI is InChI=1S/C7H6O5.Bi.H2O/c8-4-1-3(7(11)12)2-5(9)6(4)10;;/h1-2,8-10H,(H,11,12);;1H2. The quantitative estimate of drug-likeness (QED) is 0.368. The monoisotopic (exact) mass is 397 g/mol. The van der Waals surface area contributed by atoms with Crippen LogP contribution >= 0.6 is 0 Å². The maximum absolute atomic E-state index is 10.3. The minimum Gasteiger partial charge on any atom is -0.504 e. The molecule has 0 bridgehead atoms. The van der Waals surface area contributed by atoms with E-state index >= 15 is 0 Å². The van der Waals surface area contributed by atoms with E-state index in [1.54, 1.807) is 0 Å². The molecule has 6 N–H and O–H groups in total. The topological polar surface area (TPSA) is 129 Å². The molecule has 0 aliphatic heterocycles. The summed E-state index contributed by atoms with van der Waals surface area (Å²) in [6.45, 7) is 0. The van der Waals surface area contributed by atoms with E-state index in [0.29, 0.717) is 0 Å². The Morgan fingerprint density at radius 2 is 1.43 bits per heavy atom. The van der Waals surface area contributed by atoms with Crippen molar-refractivity contribution in [3.63, 3.8) is 0 Å². The van der Waals surface area contributed by atoms with Crippen molar-refractivity contribution in [1.82, 2.24) is 0 Å². The van der Waals surface area contributed by atoms with E-state index in [4.69, 9.17) is 20.4 Å². The van der Waals surface area contributed by atoms with Gasteiger partial charge in [-0.3, -0.25) is 0 Å². The van der Waals surface area contributed by atoms with Crippen molar-refractivity contribution in [1.29, 1.82) is 0 Å². The van der Waals surface area contributed by atoms with Crippen LogP contribution in [0.15, 0.2) is 12.1 Å². The van der Waals surface area contributed by atoms with Crippen molar-refractivity contribution in [2.45, 2.75) is 0 Å². The third kappa shape index (κ3) is 3.01. The fraction of sp³-hybridized carbons (Fsp3) is 0. The summed E-state index contributed by atoms with van der Waals surface area (Å²) in [7, 11) is 0. The molecule has 0 aliphatic rings. The molecule has 0 heterocycles. The van der Waals surface area contributed by atoms with E-state index in [-0.39, 0.29) is 37.2 Å². The predicted octanol–water partition coefficient (Wildman–Crippen LogP) is -0.704. The van der Waals surface area contributed by atoms with Crippen molar-refractivity contribution < 1.29 is 30.7 Å². The number of carbonyl (C=O) groups is 1. The molecule has 0 fully saturated rings. The van der Waals surface area contributed by atoms with E-state index in [2.05, 4.69) is 0 Å². The molecule has 6 nitrogen and oxygen atoms in total. The molecule has 14 heavy (non-hydrogen) atoms. The van der Waals surface area contributed by atoms with Crippen LogP contribution in [0.25, 0.3) is 0 Å². The van der Waals surface area contributed by atoms with Crippen LogP contribution in [0.1, 0.15) is 10.4 Å². The van der Waals surface area contributed by atoms with Crippen LogP contribution in [-0.4, -0.2) is 58.1 Å². The van der Waals surface area contributed by atoms with Crippen molar-refractivity contribution in [3.05, 3.63) is 17.7 Å². The average Bonchev–Trinajstić information content (AvgIpc) is 1.99. The molecule has 1 aromatic rings. The number of carboxylic acid groups (broad SMARTS) is 1. The molecule has 0 unspecified atom stereocenters. The Bertz CT molecular complexity index is 314. The minimum atomic E-state index is -1.29. The molecule has 1 aromatic carbocycles. The first-order valence-corrected chi connectivity index (χ1v) is 3.00. The normalized spacial score (nSPS) is 8.29. The molecule has 0 saturated carbocycles. The van der Waals surface area contributed by atoms with Crippen LogP contribution in [0.2, 0.25) is 0 Å². The molecule has 0 atom stereocenters. The zero-order valence-electron chi connectivity index (χ0n) is 6.80. The number of rotatable bonds is 1. The number of carboxylic acids is 1. The molecular formula is C7H8BiO6. The van der Waals surface area contributed by atoms with Gasteiger partial charge in [-0.2, -0.15) is 0 Å². The van der Waals surface area contributed by atoms with Gasteiger partial charge >= 0.3 is 5.97 Å². The summed E-state index contributed by atoms with van der Waals surface area (Å²) in [5, 5.41) is 35.0. The average molecular weight is 397 g/mol. The van der Waals surface area contributed by atoms with Crippen molar-refractivity contribution in [2.24, 2.45) is 0 Å². The van der Waals surface area contributed by atoms with Gasteiger partial charge in [0.15, 0.2) is 17.2 Å². The van der Waals surface area contributed by atoms with E-state index in [1.807, 2.05) is 0 Å². The zero-order valence-corrected chi connectivity index (χ0v) is 10.3. The Labute approximate surface area is 97.9 Å². The van der Waals surface area contributed by atoms with Gasteiger partial charge in [-0.05, 0) is 12.1 Å². The number of aromatic hydroxyl groups is 3. The second-order valence-electron chi connectivity index (χ2n) is 2.17. The minimum absolute atomic E-state index is 0. The Kier molecular flexibility index (Phi) is 6.18. The third-order valence-corrected chi connectivity index (χ3v) is 1.32. The first-order chi connectivity index (χ1) is 5.52. The molecule has 0 aliphatic carbocycles. The van der Waals surface area contributed by atoms with Crippen LogP contribution in [-0.2, 0) is 0 Å². The van der Waals surface area contributed by atoms with Crippen molar-refractivity contribution in [3.8, 4) is 17.2 Å². The first-order valence-electron chi connectivity index (χ1n) is 3.00. The number of hydrogen-bond acceptors (Lipinski definition) is 4. The number of aromatic carboxylic acids is 1. The summed E-state index contributed by atoms with van der Waals surface area (Å²) in [5.74, 6) is -3.33. The van der Waals surface area contributed by atoms with Gasteiger partial charge in [0.25, 0.3) is 0 Å². The van der Waals surface area contributed by atoms with Crippen molar-refractivity contribution in [2.75, 3.05) is 0 Å². The number of hydrogen-bond donors (Lipinski definition) is 4. The predicted molar refractivity (Wildman–Crippen MR) is 47.8 cm³/mol. The Morgan fingerprint density at radius 3 is 1.71 bits per heavy atom. The number of phenolic OH excluding ortho intramolecular Hbond substituents is 3. The summed E-state index contributed by atoms with van der Waals surface area (Å²) in [4.78, 5) is 10.3. The van der Waals surface area contributed by atoms with Gasteiger partial charge in [-0.25, -0.2) is 4.79 Å². The van der Waals surface area contributed by atoms with Gasteiger partial charge in [0, 0.05) is 26.2 Å². The van der Waals surface area contributed by atoms with Crippen molar-refractivity contribution >= 4 is 32.2 Å². The molecule has 0 amide bonds. The summed E-state index contributed by atoms with van der Waals surface area (Å²) in [5.41, 5.74) is -0.289. The summed E-state index contributed by atoms with van der Waals surface area (Å²) >= 11 is 0. The molecule has 3 radical (unpaired) electrons. The van der Waals surface area contributed by atoms with Gasteiger partial charge in [-0.1, -0.05) is 0 Å². The molecule has 0 aromatic heterocycles. The largest absolute Gasteiger partial charge is 0.504 e. The molecule has 0 saturated heterocycles. The first kappa shape index (κ1) is 15.4. The molecule has 77 valence electrons. The van der Waals surface area contributed by atoms with E-state index in [9.17, 15) is 4.79 Å². The Hall–Kier alpha value is -1.07. The Morgan fingerprint density at radius 1 is 1.07 bits per heavy atom. The van der Waals surface area contributed by atoms with Crippen LogP contribution in [0, 0.1) is 0 Å². The Balaban J connectivity index is 0. The van der Waals surface area contributed by atoms with Crippen LogP contribution in [0.3, 0.4) is 0 Å². The number of phenols is 3. The number of benzene rings is 1.